The van der Waals surface area contributed by atoms with Crippen molar-refractivity contribution >= 4 is 17.3 Å². The SMILES string of the molecule is CC(C)Nc1cc(Nc2ccccc2)nc(-c2ccc(F)cc2F)n1. The fraction of sp³-hybridized carbons (Fsp3) is 0.158. The number of hydrogen-bond acceptors (Lipinski definition) is 4. The third-order valence-electron chi connectivity index (χ3n) is 3.38. The van der Waals surface area contributed by atoms with E-state index in [9.17, 15) is 8.78 Å². The molecule has 0 aliphatic heterocycles. The molecule has 2 aromatic carbocycles. The first-order chi connectivity index (χ1) is 12.0. The lowest BCUT2D eigenvalue weighted by molar-refractivity contribution is 0.585. The number of nitrogens with one attached hydrogen (secondary N) is 2. The van der Waals surface area contributed by atoms with Crippen LogP contribution >= 0.6 is 0 Å². The molecule has 2 N–H and O–H groups in total. The minimum atomic E-state index is -0.702. The molecule has 0 radical (unpaired) electrons. The lowest BCUT2D eigenvalue weighted by Crippen LogP contribution is -2.12. The van der Waals surface area contributed by atoms with Crippen molar-refractivity contribution in [1.82, 2.24) is 9.97 Å². The molecular weight excluding hydrogens is 322 g/mol. The largest absolute Gasteiger partial charge is 0.368 e. The van der Waals surface area contributed by atoms with Gasteiger partial charge >= 0.3 is 0 Å². The van der Waals surface area contributed by atoms with E-state index < -0.39 is 11.6 Å². The van der Waals surface area contributed by atoms with Gasteiger partial charge in [0.05, 0.1) is 5.56 Å². The quantitative estimate of drug-likeness (QED) is 0.687. The van der Waals surface area contributed by atoms with Gasteiger partial charge in [0, 0.05) is 23.9 Å². The standard InChI is InChI=1S/C19H18F2N4/c1-12(2)22-17-11-18(23-14-6-4-3-5-7-14)25-19(24-17)15-9-8-13(20)10-16(15)21/h3-12H,1-2H3,(H2,22,23,24,25). The van der Waals surface area contributed by atoms with Gasteiger partial charge < -0.3 is 10.6 Å². The van der Waals surface area contributed by atoms with Crippen LogP contribution in [0.4, 0.5) is 26.1 Å². The Morgan fingerprint density at radius 3 is 2.28 bits per heavy atom. The monoisotopic (exact) mass is 340 g/mol. The molecule has 0 saturated heterocycles. The molecule has 3 aromatic rings. The first kappa shape index (κ1) is 16.8. The van der Waals surface area contributed by atoms with Gasteiger partial charge in [0.25, 0.3) is 0 Å². The van der Waals surface area contributed by atoms with Crippen LogP contribution in [0.25, 0.3) is 11.4 Å². The fourth-order valence-corrected chi connectivity index (χ4v) is 2.34. The molecular formula is C19H18F2N4. The molecule has 3 rings (SSSR count). The van der Waals surface area contributed by atoms with Crippen LogP contribution in [0.5, 0.6) is 0 Å². The number of para-hydroxylation sites is 1. The Labute approximate surface area is 145 Å². The Morgan fingerprint density at radius 2 is 1.60 bits per heavy atom. The van der Waals surface area contributed by atoms with Crippen LogP contribution in [0.1, 0.15) is 13.8 Å². The maximum absolute atomic E-state index is 14.1. The Hall–Kier alpha value is -3.02. The molecule has 0 unspecified atom stereocenters. The Balaban J connectivity index is 2.03. The molecule has 0 fully saturated rings. The van der Waals surface area contributed by atoms with Crippen LogP contribution in [0.2, 0.25) is 0 Å². The second-order valence-electron chi connectivity index (χ2n) is 5.88. The van der Waals surface area contributed by atoms with Crippen LogP contribution < -0.4 is 10.6 Å². The number of hydrogen-bond donors (Lipinski definition) is 2. The smallest absolute Gasteiger partial charge is 0.166 e. The molecule has 1 aromatic heterocycles. The van der Waals surface area contributed by atoms with E-state index in [1.807, 2.05) is 44.2 Å². The van der Waals surface area contributed by atoms with Gasteiger partial charge in [-0.25, -0.2) is 18.7 Å². The van der Waals surface area contributed by atoms with Gasteiger partial charge in [-0.15, -0.1) is 0 Å². The van der Waals surface area contributed by atoms with Crippen molar-refractivity contribution in [2.45, 2.75) is 19.9 Å². The van der Waals surface area contributed by atoms with E-state index in [1.165, 1.54) is 12.1 Å². The van der Waals surface area contributed by atoms with Crippen molar-refractivity contribution in [2.24, 2.45) is 0 Å². The van der Waals surface area contributed by atoms with Gasteiger partial charge in [-0.3, -0.25) is 0 Å². The zero-order valence-corrected chi connectivity index (χ0v) is 13.9. The van der Waals surface area contributed by atoms with E-state index in [4.69, 9.17) is 0 Å². The summed E-state index contributed by atoms with van der Waals surface area (Å²) in [5.74, 6) is -0.0838. The van der Waals surface area contributed by atoms with E-state index in [0.29, 0.717) is 11.6 Å². The second kappa shape index (κ2) is 7.25. The highest BCUT2D eigenvalue weighted by Crippen LogP contribution is 2.25. The van der Waals surface area contributed by atoms with Gasteiger partial charge in [-0.05, 0) is 38.1 Å². The predicted octanol–water partition coefficient (Wildman–Crippen LogP) is 4.99. The summed E-state index contributed by atoms with van der Waals surface area (Å²) in [5, 5.41) is 6.36. The van der Waals surface area contributed by atoms with Crippen molar-refractivity contribution in [3.8, 4) is 11.4 Å². The Morgan fingerprint density at radius 1 is 0.880 bits per heavy atom. The molecule has 0 spiro atoms. The number of nitrogens with zero attached hydrogens (tertiary/aromatic N) is 2. The van der Waals surface area contributed by atoms with Crippen molar-refractivity contribution in [3.63, 3.8) is 0 Å². The highest BCUT2D eigenvalue weighted by atomic mass is 19.1. The van der Waals surface area contributed by atoms with Crippen molar-refractivity contribution < 1.29 is 8.78 Å². The number of rotatable bonds is 5. The maximum Gasteiger partial charge on any atom is 0.166 e. The second-order valence-corrected chi connectivity index (χ2v) is 5.88. The van der Waals surface area contributed by atoms with Gasteiger partial charge in [0.2, 0.25) is 0 Å². The summed E-state index contributed by atoms with van der Waals surface area (Å²) in [6, 6.07) is 14.8. The summed E-state index contributed by atoms with van der Waals surface area (Å²) in [7, 11) is 0. The lowest BCUT2D eigenvalue weighted by atomic mass is 10.2. The zero-order chi connectivity index (χ0) is 17.8. The first-order valence-corrected chi connectivity index (χ1v) is 7.94. The highest BCUT2D eigenvalue weighted by Gasteiger charge is 2.13. The van der Waals surface area contributed by atoms with Gasteiger partial charge in [0.15, 0.2) is 5.82 Å². The van der Waals surface area contributed by atoms with Crippen LogP contribution in [0, 0.1) is 11.6 Å². The molecule has 0 bridgehead atoms. The van der Waals surface area contributed by atoms with E-state index in [1.54, 1.807) is 6.07 Å². The van der Waals surface area contributed by atoms with E-state index in [0.717, 1.165) is 11.8 Å². The Bertz CT molecular complexity index is 867. The minimum Gasteiger partial charge on any atom is -0.368 e. The first-order valence-electron chi connectivity index (χ1n) is 7.94. The molecule has 6 heteroatoms. The fourth-order valence-electron chi connectivity index (χ4n) is 2.34. The van der Waals surface area contributed by atoms with E-state index in [2.05, 4.69) is 20.6 Å². The predicted molar refractivity (Wildman–Crippen MR) is 95.9 cm³/mol. The number of halogens is 2. The minimum absolute atomic E-state index is 0.143. The van der Waals surface area contributed by atoms with Crippen molar-refractivity contribution in [1.29, 1.82) is 0 Å². The number of aromatic nitrogens is 2. The molecule has 25 heavy (non-hydrogen) atoms. The van der Waals surface area contributed by atoms with Crippen LogP contribution in [-0.2, 0) is 0 Å². The van der Waals surface area contributed by atoms with E-state index in [-0.39, 0.29) is 17.4 Å². The molecule has 0 amide bonds. The van der Waals surface area contributed by atoms with Crippen LogP contribution in [0.15, 0.2) is 54.6 Å². The highest BCUT2D eigenvalue weighted by molar-refractivity contribution is 5.65. The van der Waals surface area contributed by atoms with Gasteiger partial charge in [-0.1, -0.05) is 18.2 Å². The summed E-state index contributed by atoms with van der Waals surface area (Å²) in [5.41, 5.74) is 0.993. The molecule has 0 aliphatic carbocycles. The molecule has 4 nitrogen and oxygen atoms in total. The summed E-state index contributed by atoms with van der Waals surface area (Å²) in [6.45, 7) is 3.95. The van der Waals surface area contributed by atoms with Crippen LogP contribution in [0.3, 0.4) is 0 Å². The summed E-state index contributed by atoms with van der Waals surface area (Å²) in [6.07, 6.45) is 0. The summed E-state index contributed by atoms with van der Waals surface area (Å²) in [4.78, 5) is 8.72. The lowest BCUT2D eigenvalue weighted by Gasteiger charge is -2.13. The number of benzene rings is 2. The third kappa shape index (κ3) is 4.29. The average molecular weight is 340 g/mol. The molecule has 0 aliphatic rings. The summed E-state index contributed by atoms with van der Waals surface area (Å²) < 4.78 is 27.3. The van der Waals surface area contributed by atoms with Crippen molar-refractivity contribution in [3.05, 3.63) is 66.2 Å². The van der Waals surface area contributed by atoms with Gasteiger partial charge in [0.1, 0.15) is 23.3 Å². The molecule has 0 saturated carbocycles. The topological polar surface area (TPSA) is 49.8 Å². The molecule has 0 atom stereocenters. The zero-order valence-electron chi connectivity index (χ0n) is 13.9. The van der Waals surface area contributed by atoms with E-state index >= 15 is 0 Å². The van der Waals surface area contributed by atoms with Crippen molar-refractivity contribution in [2.75, 3.05) is 10.6 Å². The average Bonchev–Trinajstić information content (AvgIpc) is 2.55. The molecule has 128 valence electrons. The van der Waals surface area contributed by atoms with Crippen LogP contribution in [-0.4, -0.2) is 16.0 Å². The van der Waals surface area contributed by atoms with Gasteiger partial charge in [-0.2, -0.15) is 0 Å². The normalized spacial score (nSPS) is 10.8. The Kier molecular flexibility index (Phi) is 4.88. The summed E-state index contributed by atoms with van der Waals surface area (Å²) >= 11 is 0. The molecule has 1 heterocycles. The number of anilines is 3. The maximum atomic E-state index is 14.1. The third-order valence-corrected chi connectivity index (χ3v) is 3.38.